The molecule has 2 aromatic heterocycles. The van der Waals surface area contributed by atoms with Gasteiger partial charge in [-0.1, -0.05) is 23.7 Å². The highest BCUT2D eigenvalue weighted by Crippen LogP contribution is 2.21. The summed E-state index contributed by atoms with van der Waals surface area (Å²) in [6.45, 7) is 1.01. The molecular formula is C22H17BrClN3O2S. The van der Waals surface area contributed by atoms with Gasteiger partial charge in [0.05, 0.1) is 22.1 Å². The van der Waals surface area contributed by atoms with Crippen molar-refractivity contribution in [3.05, 3.63) is 97.9 Å². The molecule has 0 saturated carbocycles. The first-order valence-electron chi connectivity index (χ1n) is 9.09. The summed E-state index contributed by atoms with van der Waals surface area (Å²) in [7, 11) is 0. The molecule has 4 rings (SSSR count). The van der Waals surface area contributed by atoms with Crippen LogP contribution in [0.3, 0.4) is 0 Å². The van der Waals surface area contributed by atoms with Crippen molar-refractivity contribution in [2.45, 2.75) is 13.2 Å². The molecule has 0 spiro atoms. The van der Waals surface area contributed by atoms with Crippen molar-refractivity contribution in [2.24, 2.45) is 0 Å². The Kier molecular flexibility index (Phi) is 6.52. The van der Waals surface area contributed by atoms with Crippen LogP contribution in [0.25, 0.3) is 0 Å². The van der Waals surface area contributed by atoms with Crippen LogP contribution in [0.4, 0.5) is 5.69 Å². The van der Waals surface area contributed by atoms with E-state index < -0.39 is 0 Å². The van der Waals surface area contributed by atoms with E-state index in [0.717, 1.165) is 27.0 Å². The summed E-state index contributed by atoms with van der Waals surface area (Å²) in [4.78, 5) is 13.3. The van der Waals surface area contributed by atoms with Crippen LogP contribution >= 0.6 is 38.9 Å². The normalized spacial score (nSPS) is 10.7. The maximum atomic E-state index is 12.6. The zero-order valence-electron chi connectivity index (χ0n) is 15.7. The molecule has 152 valence electrons. The number of ether oxygens (including phenoxy) is 1. The number of aromatic nitrogens is 2. The standard InChI is InChI=1S/C22H17BrClN3O2S/c23-17-10-25-27(12-17)11-15-2-1-3-19(8-15)26-22(28)21-9-16(14-30-21)13-29-20-6-4-18(24)5-7-20/h1-10,12,14H,11,13H2,(H,26,28). The van der Waals surface area contributed by atoms with Crippen molar-refractivity contribution in [3.8, 4) is 5.75 Å². The number of halogens is 2. The molecule has 0 unspecified atom stereocenters. The molecule has 8 heteroatoms. The molecule has 0 radical (unpaired) electrons. The predicted molar refractivity (Wildman–Crippen MR) is 124 cm³/mol. The van der Waals surface area contributed by atoms with Gasteiger partial charge in [0.25, 0.3) is 5.91 Å². The van der Waals surface area contributed by atoms with E-state index >= 15 is 0 Å². The topological polar surface area (TPSA) is 56.2 Å². The zero-order valence-corrected chi connectivity index (χ0v) is 18.9. The molecule has 0 aliphatic rings. The largest absolute Gasteiger partial charge is 0.489 e. The molecule has 0 atom stereocenters. The Hall–Kier alpha value is -2.61. The number of thiophene rings is 1. The van der Waals surface area contributed by atoms with Gasteiger partial charge in [0.1, 0.15) is 12.4 Å². The second-order valence-corrected chi connectivity index (χ2v) is 8.84. The summed E-state index contributed by atoms with van der Waals surface area (Å²) in [5, 5.41) is 9.81. The van der Waals surface area contributed by atoms with E-state index in [1.807, 2.05) is 58.7 Å². The van der Waals surface area contributed by atoms with E-state index in [0.29, 0.717) is 23.1 Å². The quantitative estimate of drug-likeness (QED) is 0.325. The summed E-state index contributed by atoms with van der Waals surface area (Å²) >= 11 is 10.7. The number of carbonyl (C=O) groups excluding carboxylic acids is 1. The molecule has 0 aliphatic carbocycles. The summed E-state index contributed by atoms with van der Waals surface area (Å²) in [5.41, 5.74) is 2.74. The highest BCUT2D eigenvalue weighted by molar-refractivity contribution is 9.10. The maximum Gasteiger partial charge on any atom is 0.265 e. The molecule has 30 heavy (non-hydrogen) atoms. The average Bonchev–Trinajstić information content (AvgIpc) is 3.37. The minimum absolute atomic E-state index is 0.142. The van der Waals surface area contributed by atoms with Gasteiger partial charge in [-0.05, 0) is 69.3 Å². The second-order valence-electron chi connectivity index (χ2n) is 6.57. The smallest absolute Gasteiger partial charge is 0.265 e. The van der Waals surface area contributed by atoms with Crippen molar-refractivity contribution in [2.75, 3.05) is 5.32 Å². The van der Waals surface area contributed by atoms with Gasteiger partial charge in [0, 0.05) is 22.5 Å². The van der Waals surface area contributed by atoms with Crippen LogP contribution in [0.2, 0.25) is 5.02 Å². The fourth-order valence-corrected chi connectivity index (χ4v) is 4.07. The van der Waals surface area contributed by atoms with E-state index in [4.69, 9.17) is 16.3 Å². The van der Waals surface area contributed by atoms with Gasteiger partial charge < -0.3 is 10.1 Å². The maximum absolute atomic E-state index is 12.6. The predicted octanol–water partition coefficient (Wildman–Crippen LogP) is 6.24. The molecule has 4 aromatic rings. The first-order chi connectivity index (χ1) is 14.5. The molecule has 0 fully saturated rings. The number of anilines is 1. The van der Waals surface area contributed by atoms with Gasteiger partial charge in [0.15, 0.2) is 0 Å². The lowest BCUT2D eigenvalue weighted by Crippen LogP contribution is -2.10. The van der Waals surface area contributed by atoms with E-state index in [-0.39, 0.29) is 5.91 Å². The molecule has 0 aliphatic heterocycles. The number of amides is 1. The molecule has 5 nitrogen and oxygen atoms in total. The fraction of sp³-hybridized carbons (Fsp3) is 0.0909. The third-order valence-corrected chi connectivity index (χ3v) is 5.87. The Morgan fingerprint density at radius 2 is 2.00 bits per heavy atom. The van der Waals surface area contributed by atoms with Gasteiger partial charge in [-0.3, -0.25) is 9.48 Å². The first kappa shape index (κ1) is 20.7. The summed E-state index contributed by atoms with van der Waals surface area (Å²) in [6, 6.07) is 16.8. The van der Waals surface area contributed by atoms with Crippen LogP contribution in [0, 0.1) is 0 Å². The van der Waals surface area contributed by atoms with Crippen molar-refractivity contribution in [1.82, 2.24) is 9.78 Å². The highest BCUT2D eigenvalue weighted by Gasteiger charge is 2.11. The van der Waals surface area contributed by atoms with E-state index in [1.165, 1.54) is 11.3 Å². The number of rotatable bonds is 7. The zero-order chi connectivity index (χ0) is 20.9. The van der Waals surface area contributed by atoms with Crippen LogP contribution in [0.5, 0.6) is 5.75 Å². The Morgan fingerprint density at radius 3 is 2.77 bits per heavy atom. The van der Waals surface area contributed by atoms with Gasteiger partial charge in [0.2, 0.25) is 0 Å². The van der Waals surface area contributed by atoms with Crippen LogP contribution < -0.4 is 10.1 Å². The van der Waals surface area contributed by atoms with Crippen molar-refractivity contribution in [3.63, 3.8) is 0 Å². The Labute approximate surface area is 191 Å². The van der Waals surface area contributed by atoms with E-state index in [1.54, 1.807) is 18.3 Å². The number of hydrogen-bond donors (Lipinski definition) is 1. The lowest BCUT2D eigenvalue weighted by Gasteiger charge is -2.07. The van der Waals surface area contributed by atoms with Gasteiger partial charge in [-0.15, -0.1) is 11.3 Å². The molecule has 0 saturated heterocycles. The summed E-state index contributed by atoms with van der Waals surface area (Å²) < 4.78 is 8.50. The third-order valence-electron chi connectivity index (χ3n) is 4.23. The Morgan fingerprint density at radius 1 is 1.17 bits per heavy atom. The van der Waals surface area contributed by atoms with Crippen LogP contribution in [0.15, 0.2) is 76.8 Å². The first-order valence-corrected chi connectivity index (χ1v) is 11.1. The average molecular weight is 503 g/mol. The number of carbonyl (C=O) groups is 1. The van der Waals surface area contributed by atoms with Crippen LogP contribution in [0.1, 0.15) is 20.8 Å². The lowest BCUT2D eigenvalue weighted by molar-refractivity contribution is 0.103. The fourth-order valence-electron chi connectivity index (χ4n) is 2.82. The molecule has 2 aromatic carbocycles. The van der Waals surface area contributed by atoms with Gasteiger partial charge in [-0.25, -0.2) is 0 Å². The van der Waals surface area contributed by atoms with Crippen molar-refractivity contribution in [1.29, 1.82) is 0 Å². The number of hydrogen-bond acceptors (Lipinski definition) is 4. The summed E-state index contributed by atoms with van der Waals surface area (Å²) in [5.74, 6) is 0.592. The number of benzene rings is 2. The number of nitrogens with zero attached hydrogens (tertiary/aromatic N) is 2. The second kappa shape index (κ2) is 9.47. The van der Waals surface area contributed by atoms with Crippen molar-refractivity contribution >= 4 is 50.5 Å². The van der Waals surface area contributed by atoms with E-state index in [2.05, 4.69) is 26.3 Å². The summed E-state index contributed by atoms with van der Waals surface area (Å²) in [6.07, 6.45) is 3.65. The minimum Gasteiger partial charge on any atom is -0.489 e. The number of nitrogens with one attached hydrogen (secondary N) is 1. The highest BCUT2D eigenvalue weighted by atomic mass is 79.9. The SMILES string of the molecule is O=C(Nc1cccc(Cn2cc(Br)cn2)c1)c1cc(COc2ccc(Cl)cc2)cs1. The van der Waals surface area contributed by atoms with Gasteiger partial charge >= 0.3 is 0 Å². The van der Waals surface area contributed by atoms with E-state index in [9.17, 15) is 4.79 Å². The van der Waals surface area contributed by atoms with Crippen molar-refractivity contribution < 1.29 is 9.53 Å². The molecule has 1 N–H and O–H groups in total. The lowest BCUT2D eigenvalue weighted by atomic mass is 10.2. The molecule has 0 bridgehead atoms. The minimum atomic E-state index is -0.142. The Balaban J connectivity index is 1.36. The molecule has 1 amide bonds. The Bertz CT molecular complexity index is 1160. The van der Waals surface area contributed by atoms with Gasteiger partial charge in [-0.2, -0.15) is 5.10 Å². The molecular weight excluding hydrogens is 486 g/mol. The monoisotopic (exact) mass is 501 g/mol. The van der Waals surface area contributed by atoms with Crippen LogP contribution in [-0.2, 0) is 13.2 Å². The molecule has 2 heterocycles. The van der Waals surface area contributed by atoms with Crippen LogP contribution in [-0.4, -0.2) is 15.7 Å². The third kappa shape index (κ3) is 5.50.